The van der Waals surface area contributed by atoms with Crippen LogP contribution >= 0.6 is 0 Å². The maximum atomic E-state index is 14.1. The fraction of sp³-hybridized carbons (Fsp3) is 0.294. The summed E-state index contributed by atoms with van der Waals surface area (Å²) in [5.41, 5.74) is 9.10. The Hall–Kier alpha value is -2.03. The normalized spacial score (nSPS) is 17.9. The van der Waals surface area contributed by atoms with Crippen molar-refractivity contribution in [1.29, 1.82) is 0 Å². The summed E-state index contributed by atoms with van der Waals surface area (Å²) in [5, 5.41) is 0. The molecule has 0 saturated heterocycles. The average molecular weight is 270 g/mol. The third kappa shape index (κ3) is 2.24. The quantitative estimate of drug-likeness (QED) is 0.842. The van der Waals surface area contributed by atoms with E-state index in [-0.39, 0.29) is 11.5 Å². The Morgan fingerprint density at radius 1 is 1.20 bits per heavy atom. The van der Waals surface area contributed by atoms with E-state index in [1.54, 1.807) is 6.07 Å². The summed E-state index contributed by atoms with van der Waals surface area (Å²) in [6.45, 7) is 2.76. The minimum atomic E-state index is -0.289. The Balaban J connectivity index is 1.96. The van der Waals surface area contributed by atoms with Crippen molar-refractivity contribution in [2.75, 3.05) is 10.6 Å². The summed E-state index contributed by atoms with van der Waals surface area (Å²) >= 11 is 0. The van der Waals surface area contributed by atoms with Gasteiger partial charge in [-0.05, 0) is 37.5 Å². The van der Waals surface area contributed by atoms with Gasteiger partial charge in [-0.25, -0.2) is 4.39 Å². The molecule has 2 N–H and O–H groups in total. The number of nitrogens with zero attached hydrogens (tertiary/aromatic N) is 1. The molecule has 20 heavy (non-hydrogen) atoms. The van der Waals surface area contributed by atoms with Crippen molar-refractivity contribution in [2.45, 2.75) is 32.4 Å². The van der Waals surface area contributed by atoms with Crippen LogP contribution in [-0.2, 0) is 13.0 Å². The highest BCUT2D eigenvalue weighted by molar-refractivity contribution is 5.57. The molecular formula is C17H19FN2. The summed E-state index contributed by atoms with van der Waals surface area (Å²) in [7, 11) is 0. The van der Waals surface area contributed by atoms with Gasteiger partial charge in [0.2, 0.25) is 0 Å². The van der Waals surface area contributed by atoms with Crippen LogP contribution in [0.25, 0.3) is 0 Å². The SMILES string of the molecule is CC1CCc2ccccc2N1Cc1cccc(N)c1F. The number of rotatable bonds is 2. The molecular weight excluding hydrogens is 251 g/mol. The van der Waals surface area contributed by atoms with Gasteiger partial charge in [-0.15, -0.1) is 0 Å². The summed E-state index contributed by atoms with van der Waals surface area (Å²) in [5.74, 6) is -0.289. The molecule has 2 aromatic rings. The van der Waals surface area contributed by atoms with Crippen molar-refractivity contribution in [3.63, 3.8) is 0 Å². The van der Waals surface area contributed by atoms with E-state index in [1.165, 1.54) is 11.3 Å². The number of hydrogen-bond donors (Lipinski definition) is 1. The number of halogens is 1. The monoisotopic (exact) mass is 270 g/mol. The summed E-state index contributed by atoms with van der Waals surface area (Å²) in [4.78, 5) is 2.27. The fourth-order valence-electron chi connectivity index (χ4n) is 2.91. The zero-order chi connectivity index (χ0) is 14.1. The Kier molecular flexibility index (Phi) is 3.35. The second kappa shape index (κ2) is 5.16. The van der Waals surface area contributed by atoms with E-state index < -0.39 is 0 Å². The Bertz CT molecular complexity index is 624. The molecule has 0 amide bonds. The van der Waals surface area contributed by atoms with E-state index in [1.807, 2.05) is 18.2 Å². The van der Waals surface area contributed by atoms with Crippen LogP contribution in [-0.4, -0.2) is 6.04 Å². The molecule has 0 saturated carbocycles. The third-order valence-corrected chi connectivity index (χ3v) is 4.11. The Labute approximate surface area is 119 Å². The van der Waals surface area contributed by atoms with Gasteiger partial charge in [-0.1, -0.05) is 30.3 Å². The van der Waals surface area contributed by atoms with Crippen LogP contribution in [0.3, 0.4) is 0 Å². The molecule has 0 spiro atoms. The van der Waals surface area contributed by atoms with Crippen LogP contribution in [0.2, 0.25) is 0 Å². The molecule has 2 aromatic carbocycles. The first-order valence-corrected chi connectivity index (χ1v) is 7.04. The highest BCUT2D eigenvalue weighted by Gasteiger charge is 2.23. The van der Waals surface area contributed by atoms with Gasteiger partial charge in [0.05, 0.1) is 5.69 Å². The van der Waals surface area contributed by atoms with Crippen molar-refractivity contribution in [2.24, 2.45) is 0 Å². The molecule has 0 aliphatic carbocycles. The number of nitrogen functional groups attached to an aromatic ring is 1. The second-order valence-electron chi connectivity index (χ2n) is 5.46. The summed E-state index contributed by atoms with van der Waals surface area (Å²) < 4.78 is 14.1. The van der Waals surface area contributed by atoms with Crippen molar-refractivity contribution in [3.8, 4) is 0 Å². The van der Waals surface area contributed by atoms with Crippen molar-refractivity contribution in [3.05, 3.63) is 59.4 Å². The number of aryl methyl sites for hydroxylation is 1. The first-order chi connectivity index (χ1) is 9.66. The first kappa shape index (κ1) is 13.0. The largest absolute Gasteiger partial charge is 0.396 e. The molecule has 3 heteroatoms. The Morgan fingerprint density at radius 2 is 2.00 bits per heavy atom. The van der Waals surface area contributed by atoms with Gasteiger partial charge in [0, 0.05) is 23.8 Å². The summed E-state index contributed by atoms with van der Waals surface area (Å²) in [6.07, 6.45) is 2.19. The molecule has 0 radical (unpaired) electrons. The fourth-order valence-corrected chi connectivity index (χ4v) is 2.91. The number of benzene rings is 2. The highest BCUT2D eigenvalue weighted by atomic mass is 19.1. The Morgan fingerprint density at radius 3 is 2.85 bits per heavy atom. The molecule has 1 atom stereocenters. The van der Waals surface area contributed by atoms with E-state index in [4.69, 9.17) is 5.73 Å². The molecule has 1 heterocycles. The van der Waals surface area contributed by atoms with Crippen LogP contribution < -0.4 is 10.6 Å². The van der Waals surface area contributed by atoms with Gasteiger partial charge in [0.25, 0.3) is 0 Å². The smallest absolute Gasteiger partial charge is 0.151 e. The van der Waals surface area contributed by atoms with Gasteiger partial charge >= 0.3 is 0 Å². The highest BCUT2D eigenvalue weighted by Crippen LogP contribution is 2.32. The van der Waals surface area contributed by atoms with Crippen LogP contribution in [0.4, 0.5) is 15.8 Å². The first-order valence-electron chi connectivity index (χ1n) is 7.04. The van der Waals surface area contributed by atoms with Crippen LogP contribution in [0, 0.1) is 5.82 Å². The molecule has 1 aliphatic rings. The lowest BCUT2D eigenvalue weighted by Gasteiger charge is -2.37. The molecule has 3 rings (SSSR count). The average Bonchev–Trinajstić information content (AvgIpc) is 2.46. The molecule has 104 valence electrons. The number of para-hydroxylation sites is 1. The van der Waals surface area contributed by atoms with Gasteiger partial charge in [-0.3, -0.25) is 0 Å². The van der Waals surface area contributed by atoms with E-state index in [9.17, 15) is 4.39 Å². The van der Waals surface area contributed by atoms with Gasteiger partial charge in [0.1, 0.15) is 0 Å². The van der Waals surface area contributed by atoms with E-state index in [2.05, 4.69) is 30.0 Å². The standard InChI is InChI=1S/C17H19FN2/c1-12-9-10-13-5-2-3-8-16(13)20(12)11-14-6-4-7-15(19)17(14)18/h2-8,12H,9-11,19H2,1H3. The molecule has 2 nitrogen and oxygen atoms in total. The molecule has 1 aliphatic heterocycles. The maximum Gasteiger partial charge on any atom is 0.151 e. The van der Waals surface area contributed by atoms with Crippen molar-refractivity contribution in [1.82, 2.24) is 0 Å². The molecule has 1 unspecified atom stereocenters. The van der Waals surface area contributed by atoms with E-state index in [0.29, 0.717) is 18.2 Å². The van der Waals surface area contributed by atoms with Gasteiger partial charge < -0.3 is 10.6 Å². The molecule has 0 fully saturated rings. The van der Waals surface area contributed by atoms with Gasteiger partial charge in [0.15, 0.2) is 5.82 Å². The molecule has 0 bridgehead atoms. The predicted molar refractivity (Wildman–Crippen MR) is 81.2 cm³/mol. The van der Waals surface area contributed by atoms with Crippen molar-refractivity contribution >= 4 is 11.4 Å². The number of hydrogen-bond acceptors (Lipinski definition) is 2. The topological polar surface area (TPSA) is 29.3 Å². The van der Waals surface area contributed by atoms with E-state index >= 15 is 0 Å². The lowest BCUT2D eigenvalue weighted by molar-refractivity contribution is 0.544. The van der Waals surface area contributed by atoms with Crippen molar-refractivity contribution < 1.29 is 4.39 Å². The van der Waals surface area contributed by atoms with Crippen LogP contribution in [0.1, 0.15) is 24.5 Å². The minimum absolute atomic E-state index is 0.223. The third-order valence-electron chi connectivity index (χ3n) is 4.11. The zero-order valence-electron chi connectivity index (χ0n) is 11.6. The number of anilines is 2. The second-order valence-corrected chi connectivity index (χ2v) is 5.46. The number of fused-ring (bicyclic) bond motifs is 1. The van der Waals surface area contributed by atoms with Gasteiger partial charge in [-0.2, -0.15) is 0 Å². The van der Waals surface area contributed by atoms with Crippen LogP contribution in [0.5, 0.6) is 0 Å². The molecule has 0 aromatic heterocycles. The lowest BCUT2D eigenvalue weighted by Crippen LogP contribution is -2.37. The lowest BCUT2D eigenvalue weighted by atomic mass is 9.96. The number of nitrogens with two attached hydrogens (primary N) is 1. The predicted octanol–water partition coefficient (Wildman–Crippen LogP) is 3.75. The van der Waals surface area contributed by atoms with Crippen LogP contribution in [0.15, 0.2) is 42.5 Å². The summed E-state index contributed by atoms with van der Waals surface area (Å²) in [6, 6.07) is 14.0. The maximum absolute atomic E-state index is 14.1. The van der Waals surface area contributed by atoms with E-state index in [0.717, 1.165) is 12.8 Å². The zero-order valence-corrected chi connectivity index (χ0v) is 11.6. The minimum Gasteiger partial charge on any atom is -0.396 e.